The second-order valence-corrected chi connectivity index (χ2v) is 4.81. The normalized spacial score (nSPS) is 11.3. The number of anilines is 1. The molecule has 0 radical (unpaired) electrons. The molecule has 0 aliphatic rings. The molecule has 0 heterocycles. The summed E-state index contributed by atoms with van der Waals surface area (Å²) < 4.78 is 0. The van der Waals surface area contributed by atoms with Crippen LogP contribution < -0.4 is 22.5 Å². The van der Waals surface area contributed by atoms with Crippen LogP contribution in [-0.2, 0) is 4.79 Å². The zero-order valence-corrected chi connectivity index (χ0v) is 12.4. The Hall–Kier alpha value is -2.61. The van der Waals surface area contributed by atoms with Crippen molar-refractivity contribution in [3.63, 3.8) is 0 Å². The fourth-order valence-corrected chi connectivity index (χ4v) is 1.60. The molecule has 0 bridgehead atoms. The number of nitrogens with one attached hydrogen (secondary N) is 1. The van der Waals surface area contributed by atoms with E-state index in [4.69, 9.17) is 17.2 Å². The molecule has 1 rings (SSSR count). The summed E-state index contributed by atoms with van der Waals surface area (Å²) >= 11 is 0. The second kappa shape index (κ2) is 7.25. The fraction of sp³-hybridized carbons (Fsp3) is 0.308. The van der Waals surface area contributed by atoms with Crippen molar-refractivity contribution in [2.45, 2.75) is 6.92 Å². The first-order chi connectivity index (χ1) is 9.77. The third-order valence-electron chi connectivity index (χ3n) is 2.37. The molecule has 114 valence electrons. The lowest BCUT2D eigenvalue weighted by atomic mass is 10.2. The van der Waals surface area contributed by atoms with Gasteiger partial charge in [0.1, 0.15) is 0 Å². The summed E-state index contributed by atoms with van der Waals surface area (Å²) in [6, 6.07) is 5.39. The Morgan fingerprint density at radius 3 is 2.52 bits per heavy atom. The number of aliphatic imine (C=N–C) groups is 2. The van der Waals surface area contributed by atoms with Gasteiger partial charge in [-0.15, -0.1) is 0 Å². The van der Waals surface area contributed by atoms with Crippen LogP contribution in [-0.4, -0.2) is 43.4 Å². The number of guanidine groups is 2. The molecule has 0 aliphatic heterocycles. The Kier molecular flexibility index (Phi) is 5.67. The highest BCUT2D eigenvalue weighted by Gasteiger charge is 2.08. The summed E-state index contributed by atoms with van der Waals surface area (Å²) in [4.78, 5) is 21.3. The molecule has 0 atom stereocenters. The van der Waals surface area contributed by atoms with Gasteiger partial charge in [0.2, 0.25) is 11.9 Å². The van der Waals surface area contributed by atoms with E-state index in [2.05, 4.69) is 15.3 Å². The molecule has 1 amide bonds. The summed E-state index contributed by atoms with van der Waals surface area (Å²) in [5.41, 5.74) is 18.1. The van der Waals surface area contributed by atoms with Crippen LogP contribution in [0.15, 0.2) is 28.2 Å². The van der Waals surface area contributed by atoms with Crippen LogP contribution in [0.2, 0.25) is 0 Å². The first-order valence-corrected chi connectivity index (χ1v) is 6.27. The fourth-order valence-electron chi connectivity index (χ4n) is 1.60. The van der Waals surface area contributed by atoms with Crippen molar-refractivity contribution in [2.75, 3.05) is 26.0 Å². The zero-order valence-electron chi connectivity index (χ0n) is 12.4. The van der Waals surface area contributed by atoms with E-state index in [-0.39, 0.29) is 24.4 Å². The number of hydrogen-bond acceptors (Lipinski definition) is 3. The van der Waals surface area contributed by atoms with Crippen molar-refractivity contribution in [2.24, 2.45) is 27.2 Å². The summed E-state index contributed by atoms with van der Waals surface area (Å²) in [5.74, 6) is -0.411. The van der Waals surface area contributed by atoms with Crippen molar-refractivity contribution < 1.29 is 4.79 Å². The maximum absolute atomic E-state index is 11.8. The molecular formula is C13H21N7O. The SMILES string of the molecule is Cc1ccc(NC(=O)CN(C)C)c(N=C(N)N=C(N)N)c1. The van der Waals surface area contributed by atoms with Gasteiger partial charge in [-0.2, -0.15) is 4.99 Å². The van der Waals surface area contributed by atoms with Crippen LogP contribution in [0.3, 0.4) is 0 Å². The van der Waals surface area contributed by atoms with Crippen LogP contribution in [0.4, 0.5) is 11.4 Å². The van der Waals surface area contributed by atoms with Gasteiger partial charge in [-0.1, -0.05) is 6.07 Å². The maximum Gasteiger partial charge on any atom is 0.238 e. The molecular weight excluding hydrogens is 270 g/mol. The van der Waals surface area contributed by atoms with E-state index in [0.717, 1.165) is 5.56 Å². The average molecular weight is 291 g/mol. The lowest BCUT2D eigenvalue weighted by molar-refractivity contribution is -0.116. The molecule has 0 fully saturated rings. The summed E-state index contributed by atoms with van der Waals surface area (Å²) in [5, 5.41) is 2.77. The topological polar surface area (TPSA) is 135 Å². The van der Waals surface area contributed by atoms with Crippen LogP contribution in [0.5, 0.6) is 0 Å². The first kappa shape index (κ1) is 16.4. The van der Waals surface area contributed by atoms with Crippen molar-refractivity contribution in [1.29, 1.82) is 0 Å². The Labute approximate surface area is 123 Å². The van der Waals surface area contributed by atoms with Crippen LogP contribution >= 0.6 is 0 Å². The van der Waals surface area contributed by atoms with E-state index in [0.29, 0.717) is 11.4 Å². The molecule has 0 spiro atoms. The van der Waals surface area contributed by atoms with Crippen molar-refractivity contribution >= 4 is 29.2 Å². The van der Waals surface area contributed by atoms with Gasteiger partial charge in [0.25, 0.3) is 0 Å². The number of likely N-dealkylation sites (N-methyl/N-ethyl adjacent to an activating group) is 1. The minimum absolute atomic E-state index is 0.0799. The first-order valence-electron chi connectivity index (χ1n) is 6.27. The molecule has 0 aromatic heterocycles. The number of rotatable bonds is 4. The zero-order chi connectivity index (χ0) is 16.0. The summed E-state index contributed by atoms with van der Waals surface area (Å²) in [7, 11) is 3.62. The molecule has 1 aromatic rings. The number of carbonyl (C=O) groups excluding carboxylic acids is 1. The molecule has 1 aromatic carbocycles. The predicted molar refractivity (Wildman–Crippen MR) is 85.5 cm³/mol. The number of hydrogen-bond donors (Lipinski definition) is 4. The van der Waals surface area contributed by atoms with Gasteiger partial charge in [0, 0.05) is 0 Å². The minimum atomic E-state index is -0.179. The average Bonchev–Trinajstić information content (AvgIpc) is 2.30. The summed E-state index contributed by atoms with van der Waals surface area (Å²) in [6.07, 6.45) is 0. The largest absolute Gasteiger partial charge is 0.370 e. The Morgan fingerprint density at radius 1 is 1.29 bits per heavy atom. The monoisotopic (exact) mass is 291 g/mol. The third kappa shape index (κ3) is 5.91. The van der Waals surface area contributed by atoms with Crippen LogP contribution in [0, 0.1) is 6.92 Å². The molecule has 0 saturated heterocycles. The molecule has 8 heteroatoms. The van der Waals surface area contributed by atoms with Gasteiger partial charge in [-0.05, 0) is 38.7 Å². The highest BCUT2D eigenvalue weighted by molar-refractivity contribution is 5.98. The maximum atomic E-state index is 11.8. The molecule has 0 saturated carbocycles. The second-order valence-electron chi connectivity index (χ2n) is 4.81. The standard InChI is InChI=1S/C13H21N7O/c1-8-4-5-9(17-11(21)7-20(2)3)10(6-8)18-13(16)19-12(14)15/h4-6H,7H2,1-3H3,(H,17,21)(H6,14,15,16,18,19). The number of nitrogens with two attached hydrogens (primary N) is 3. The number of nitrogens with zero attached hydrogens (tertiary/aromatic N) is 3. The van der Waals surface area contributed by atoms with Gasteiger partial charge in [-0.3, -0.25) is 4.79 Å². The van der Waals surface area contributed by atoms with Crippen molar-refractivity contribution in [1.82, 2.24) is 4.90 Å². The Bertz CT molecular complexity index is 574. The minimum Gasteiger partial charge on any atom is -0.370 e. The van der Waals surface area contributed by atoms with Gasteiger partial charge in [0.15, 0.2) is 5.96 Å². The van der Waals surface area contributed by atoms with E-state index >= 15 is 0 Å². The van der Waals surface area contributed by atoms with Gasteiger partial charge in [-0.25, -0.2) is 4.99 Å². The number of benzene rings is 1. The van der Waals surface area contributed by atoms with Crippen LogP contribution in [0.1, 0.15) is 5.56 Å². The van der Waals surface area contributed by atoms with E-state index in [9.17, 15) is 4.79 Å². The third-order valence-corrected chi connectivity index (χ3v) is 2.37. The Morgan fingerprint density at radius 2 is 1.95 bits per heavy atom. The van der Waals surface area contributed by atoms with E-state index in [1.165, 1.54) is 0 Å². The van der Waals surface area contributed by atoms with Gasteiger partial charge < -0.3 is 27.4 Å². The highest BCUT2D eigenvalue weighted by atomic mass is 16.2. The highest BCUT2D eigenvalue weighted by Crippen LogP contribution is 2.26. The predicted octanol–water partition coefficient (Wildman–Crippen LogP) is -0.285. The van der Waals surface area contributed by atoms with E-state index in [1.807, 2.05) is 27.1 Å². The van der Waals surface area contributed by atoms with E-state index < -0.39 is 0 Å². The van der Waals surface area contributed by atoms with Crippen molar-refractivity contribution in [3.05, 3.63) is 23.8 Å². The molecule has 7 N–H and O–H groups in total. The van der Waals surface area contributed by atoms with Crippen LogP contribution in [0.25, 0.3) is 0 Å². The lowest BCUT2D eigenvalue weighted by Gasteiger charge is -2.12. The summed E-state index contributed by atoms with van der Waals surface area (Å²) in [6.45, 7) is 2.17. The molecule has 21 heavy (non-hydrogen) atoms. The molecule has 0 unspecified atom stereocenters. The quantitative estimate of drug-likeness (QED) is 0.447. The molecule has 8 nitrogen and oxygen atoms in total. The molecule has 0 aliphatic carbocycles. The number of carbonyl (C=O) groups is 1. The number of amides is 1. The van der Waals surface area contributed by atoms with Gasteiger partial charge in [0.05, 0.1) is 17.9 Å². The number of aryl methyl sites for hydroxylation is 1. The smallest absolute Gasteiger partial charge is 0.238 e. The lowest BCUT2D eigenvalue weighted by Crippen LogP contribution is -2.27. The van der Waals surface area contributed by atoms with Gasteiger partial charge >= 0.3 is 0 Å². The Balaban J connectivity index is 3.05. The van der Waals surface area contributed by atoms with E-state index in [1.54, 1.807) is 17.0 Å². The van der Waals surface area contributed by atoms with Crippen molar-refractivity contribution in [3.8, 4) is 0 Å².